The number of carbonyl (C=O) groups excluding carboxylic acids is 1. The van der Waals surface area contributed by atoms with Gasteiger partial charge in [-0.25, -0.2) is 0 Å². The molecule has 1 fully saturated rings. The lowest BCUT2D eigenvalue weighted by molar-refractivity contribution is -0.132. The first-order chi connectivity index (χ1) is 4.84. The Hall–Kier alpha value is -0.610. The van der Waals surface area contributed by atoms with Crippen LogP contribution in [0.5, 0.6) is 0 Å². The van der Waals surface area contributed by atoms with Gasteiger partial charge in [0.2, 0.25) is 5.91 Å². The van der Waals surface area contributed by atoms with E-state index in [1.54, 1.807) is 4.90 Å². The Balaban J connectivity index is 2.31. The van der Waals surface area contributed by atoms with Gasteiger partial charge in [0.15, 0.2) is 0 Å². The van der Waals surface area contributed by atoms with Crippen LogP contribution in [0.4, 0.5) is 0 Å². The lowest BCUT2D eigenvalue weighted by atomic mass is 10.4. The average Bonchev–Trinajstić information content (AvgIpc) is 2.05. The Kier molecular flexibility index (Phi) is 2.65. The number of hydrogen-bond acceptors (Lipinski definition) is 3. The third-order valence-corrected chi connectivity index (χ3v) is 1.51. The zero-order valence-corrected chi connectivity index (χ0v) is 6.18. The third kappa shape index (κ3) is 1.68. The van der Waals surface area contributed by atoms with Gasteiger partial charge < -0.3 is 4.90 Å². The van der Waals surface area contributed by atoms with Crippen LogP contribution < -0.4 is 10.6 Å². The Morgan fingerprint density at radius 3 is 2.60 bits per heavy atom. The fourth-order valence-electron chi connectivity index (χ4n) is 0.926. The maximum atomic E-state index is 11.0. The van der Waals surface area contributed by atoms with E-state index in [9.17, 15) is 4.79 Å². The Morgan fingerprint density at radius 1 is 1.50 bits per heavy atom. The Labute approximate surface area is 60.6 Å². The van der Waals surface area contributed by atoms with Gasteiger partial charge in [-0.05, 0) is 0 Å². The number of nitrogens with one attached hydrogen (secondary N) is 2. The van der Waals surface area contributed by atoms with Gasteiger partial charge in [0, 0.05) is 13.1 Å². The third-order valence-electron chi connectivity index (χ3n) is 1.51. The summed E-state index contributed by atoms with van der Waals surface area (Å²) in [6.07, 6.45) is 0.587. The predicted molar refractivity (Wildman–Crippen MR) is 38.0 cm³/mol. The van der Waals surface area contributed by atoms with E-state index in [0.717, 1.165) is 6.67 Å². The van der Waals surface area contributed by atoms with Crippen LogP contribution in [0.25, 0.3) is 0 Å². The number of carbonyl (C=O) groups is 1. The summed E-state index contributed by atoms with van der Waals surface area (Å²) in [7, 11) is 0. The zero-order chi connectivity index (χ0) is 7.40. The number of amides is 1. The number of hydrogen-bond donors (Lipinski definition) is 2. The van der Waals surface area contributed by atoms with Gasteiger partial charge in [-0.15, -0.1) is 0 Å². The predicted octanol–water partition coefficient (Wildman–Crippen LogP) is -0.710. The van der Waals surface area contributed by atoms with Crippen molar-refractivity contribution in [3.8, 4) is 0 Å². The minimum atomic E-state index is 0.194. The number of rotatable bonds is 1. The van der Waals surface area contributed by atoms with E-state index >= 15 is 0 Å². The van der Waals surface area contributed by atoms with Gasteiger partial charge in [0.25, 0.3) is 0 Å². The summed E-state index contributed by atoms with van der Waals surface area (Å²) in [5.74, 6) is 0.194. The van der Waals surface area contributed by atoms with Crippen molar-refractivity contribution in [2.24, 2.45) is 0 Å². The molecule has 0 unspecified atom stereocenters. The smallest absolute Gasteiger partial charge is 0.224 e. The van der Waals surface area contributed by atoms with Gasteiger partial charge in [0.1, 0.15) is 0 Å². The highest BCUT2D eigenvalue weighted by molar-refractivity contribution is 5.75. The molecule has 1 aliphatic heterocycles. The summed E-state index contributed by atoms with van der Waals surface area (Å²) >= 11 is 0. The first-order valence-corrected chi connectivity index (χ1v) is 3.54. The first kappa shape index (κ1) is 7.50. The van der Waals surface area contributed by atoms with E-state index in [2.05, 4.69) is 10.6 Å². The molecule has 0 aromatic rings. The summed E-state index contributed by atoms with van der Waals surface area (Å²) < 4.78 is 0. The first-order valence-electron chi connectivity index (χ1n) is 3.54. The molecule has 4 nitrogen and oxygen atoms in total. The van der Waals surface area contributed by atoms with E-state index in [-0.39, 0.29) is 5.91 Å². The molecule has 1 heterocycles. The average molecular weight is 143 g/mol. The molecule has 0 spiro atoms. The van der Waals surface area contributed by atoms with Crippen LogP contribution in [0.1, 0.15) is 13.3 Å². The molecule has 1 saturated heterocycles. The van der Waals surface area contributed by atoms with E-state index < -0.39 is 0 Å². The second-order valence-corrected chi connectivity index (χ2v) is 2.28. The van der Waals surface area contributed by atoms with Crippen LogP contribution in [0, 0.1) is 0 Å². The molecule has 10 heavy (non-hydrogen) atoms. The van der Waals surface area contributed by atoms with E-state index in [1.807, 2.05) is 6.92 Å². The van der Waals surface area contributed by atoms with Gasteiger partial charge in [0.05, 0.1) is 13.3 Å². The van der Waals surface area contributed by atoms with Crippen molar-refractivity contribution in [1.82, 2.24) is 15.5 Å². The molecule has 0 aliphatic carbocycles. The van der Waals surface area contributed by atoms with Crippen molar-refractivity contribution in [3.05, 3.63) is 0 Å². The highest BCUT2D eigenvalue weighted by atomic mass is 16.2. The van der Waals surface area contributed by atoms with Gasteiger partial charge in [-0.2, -0.15) is 0 Å². The van der Waals surface area contributed by atoms with Gasteiger partial charge in [-0.3, -0.25) is 15.4 Å². The molecule has 0 aromatic heterocycles. The lowest BCUT2D eigenvalue weighted by Crippen LogP contribution is -2.52. The van der Waals surface area contributed by atoms with E-state index in [4.69, 9.17) is 0 Å². The van der Waals surface area contributed by atoms with Crippen LogP contribution in [-0.4, -0.2) is 30.8 Å². The number of nitrogens with zero attached hydrogens (tertiary/aromatic N) is 1. The normalized spacial score (nSPS) is 19.1. The summed E-state index contributed by atoms with van der Waals surface area (Å²) in [5.41, 5.74) is 0. The van der Waals surface area contributed by atoms with Crippen LogP contribution in [-0.2, 0) is 4.79 Å². The molecule has 0 bridgehead atoms. The minimum Gasteiger partial charge on any atom is -0.317 e. The minimum absolute atomic E-state index is 0.194. The molecule has 4 heteroatoms. The van der Waals surface area contributed by atoms with Crippen LogP contribution in [0.2, 0.25) is 0 Å². The van der Waals surface area contributed by atoms with Crippen molar-refractivity contribution in [2.75, 3.05) is 20.0 Å². The monoisotopic (exact) mass is 143 g/mol. The maximum absolute atomic E-state index is 11.0. The van der Waals surface area contributed by atoms with E-state index in [0.29, 0.717) is 19.8 Å². The molecule has 58 valence electrons. The highest BCUT2D eigenvalue weighted by Gasteiger charge is 2.12. The molecule has 1 amide bonds. The molecular weight excluding hydrogens is 130 g/mol. The van der Waals surface area contributed by atoms with Crippen molar-refractivity contribution in [3.63, 3.8) is 0 Å². The molecule has 0 aromatic carbocycles. The van der Waals surface area contributed by atoms with Crippen molar-refractivity contribution >= 4 is 5.91 Å². The van der Waals surface area contributed by atoms with E-state index in [1.165, 1.54) is 0 Å². The summed E-state index contributed by atoms with van der Waals surface area (Å²) in [6, 6.07) is 0. The zero-order valence-electron chi connectivity index (χ0n) is 6.18. The summed E-state index contributed by atoms with van der Waals surface area (Å²) in [6.45, 7) is 4.03. The molecule has 0 saturated carbocycles. The molecule has 2 N–H and O–H groups in total. The highest BCUT2D eigenvalue weighted by Crippen LogP contribution is 1.91. The van der Waals surface area contributed by atoms with Gasteiger partial charge >= 0.3 is 0 Å². The quantitative estimate of drug-likeness (QED) is 0.509. The second-order valence-electron chi connectivity index (χ2n) is 2.28. The summed E-state index contributed by atoms with van der Waals surface area (Å²) in [5, 5.41) is 6.09. The van der Waals surface area contributed by atoms with Crippen LogP contribution >= 0.6 is 0 Å². The van der Waals surface area contributed by atoms with Crippen molar-refractivity contribution in [1.29, 1.82) is 0 Å². The molecule has 0 radical (unpaired) electrons. The van der Waals surface area contributed by atoms with Crippen molar-refractivity contribution in [2.45, 2.75) is 13.3 Å². The lowest BCUT2D eigenvalue weighted by Gasteiger charge is -2.27. The second kappa shape index (κ2) is 3.53. The standard InChI is InChI=1S/C6H13N3O/c1-2-6(10)9-4-7-3-8-5-9/h7-8H,2-5H2,1H3. The van der Waals surface area contributed by atoms with Crippen LogP contribution in [0.15, 0.2) is 0 Å². The Morgan fingerprint density at radius 2 is 2.10 bits per heavy atom. The maximum Gasteiger partial charge on any atom is 0.224 e. The molecule has 1 aliphatic rings. The van der Waals surface area contributed by atoms with Gasteiger partial charge in [-0.1, -0.05) is 6.92 Å². The molecule has 0 atom stereocenters. The largest absolute Gasteiger partial charge is 0.317 e. The SMILES string of the molecule is CCC(=O)N1CNCNC1. The summed E-state index contributed by atoms with van der Waals surface area (Å²) in [4.78, 5) is 12.8. The molecular formula is C6H13N3O. The fraction of sp³-hybridized carbons (Fsp3) is 0.833. The fourth-order valence-corrected chi connectivity index (χ4v) is 0.926. The Bertz CT molecular complexity index is 120. The topological polar surface area (TPSA) is 44.4 Å². The molecule has 1 rings (SSSR count). The van der Waals surface area contributed by atoms with Crippen molar-refractivity contribution < 1.29 is 4.79 Å². The van der Waals surface area contributed by atoms with Crippen LogP contribution in [0.3, 0.4) is 0 Å².